The lowest BCUT2D eigenvalue weighted by Gasteiger charge is -2.24. The average molecular weight is 290 g/mol. The average Bonchev–Trinajstić information content (AvgIpc) is 3.21. The summed E-state index contributed by atoms with van der Waals surface area (Å²) in [5.41, 5.74) is 1.12. The second-order valence-electron chi connectivity index (χ2n) is 7.58. The molecule has 4 nitrogen and oxygen atoms in total. The summed E-state index contributed by atoms with van der Waals surface area (Å²) in [7, 11) is 0. The van der Waals surface area contributed by atoms with E-state index in [1.54, 1.807) is 0 Å². The van der Waals surface area contributed by atoms with Crippen molar-refractivity contribution in [1.82, 2.24) is 15.3 Å². The van der Waals surface area contributed by atoms with Gasteiger partial charge in [0.15, 0.2) is 0 Å². The number of nitrogens with zero attached hydrogens (tertiary/aromatic N) is 3. The summed E-state index contributed by atoms with van der Waals surface area (Å²) < 4.78 is 0. The van der Waals surface area contributed by atoms with Gasteiger partial charge >= 0.3 is 0 Å². The molecule has 1 aromatic heterocycles. The number of hydrogen-bond donors (Lipinski definition) is 1. The zero-order chi connectivity index (χ0) is 15.5. The summed E-state index contributed by atoms with van der Waals surface area (Å²) >= 11 is 0. The SMILES string of the molecule is CC(C)CCN(c1cnc(CNC(C)(C)C)cn1)C1CC1. The number of aromatic nitrogens is 2. The highest BCUT2D eigenvalue weighted by Gasteiger charge is 2.30. The maximum atomic E-state index is 4.64. The molecule has 1 aliphatic rings. The molecule has 118 valence electrons. The second kappa shape index (κ2) is 6.73. The fourth-order valence-electron chi connectivity index (χ4n) is 2.21. The summed E-state index contributed by atoms with van der Waals surface area (Å²) in [6.07, 6.45) is 7.67. The normalized spacial score (nSPS) is 15.5. The van der Waals surface area contributed by atoms with Gasteiger partial charge in [0.2, 0.25) is 0 Å². The highest BCUT2D eigenvalue weighted by Crippen LogP contribution is 2.30. The Balaban J connectivity index is 1.95. The van der Waals surface area contributed by atoms with E-state index >= 15 is 0 Å². The van der Waals surface area contributed by atoms with E-state index in [2.05, 4.69) is 54.8 Å². The van der Waals surface area contributed by atoms with Gasteiger partial charge in [0.1, 0.15) is 5.82 Å². The van der Waals surface area contributed by atoms with E-state index in [-0.39, 0.29) is 5.54 Å². The molecule has 0 radical (unpaired) electrons. The smallest absolute Gasteiger partial charge is 0.147 e. The molecule has 1 N–H and O–H groups in total. The Bertz CT molecular complexity index is 429. The van der Waals surface area contributed by atoms with Crippen LogP contribution in [-0.4, -0.2) is 28.1 Å². The molecule has 0 spiro atoms. The largest absolute Gasteiger partial charge is 0.352 e. The second-order valence-corrected chi connectivity index (χ2v) is 7.58. The predicted octanol–water partition coefficient (Wildman–Crippen LogP) is 3.38. The predicted molar refractivity (Wildman–Crippen MR) is 88.4 cm³/mol. The van der Waals surface area contributed by atoms with E-state index in [0.717, 1.165) is 30.5 Å². The Labute approximate surface area is 129 Å². The summed E-state index contributed by atoms with van der Waals surface area (Å²) in [5.74, 6) is 1.77. The molecular weight excluding hydrogens is 260 g/mol. The van der Waals surface area contributed by atoms with Crippen LogP contribution in [0.25, 0.3) is 0 Å². The molecule has 1 fully saturated rings. The monoisotopic (exact) mass is 290 g/mol. The lowest BCUT2D eigenvalue weighted by molar-refractivity contribution is 0.421. The fourth-order valence-corrected chi connectivity index (χ4v) is 2.21. The minimum atomic E-state index is 0.109. The molecule has 2 rings (SSSR count). The van der Waals surface area contributed by atoms with Crippen molar-refractivity contribution in [2.24, 2.45) is 5.92 Å². The van der Waals surface area contributed by atoms with Gasteiger partial charge in [0.05, 0.1) is 18.1 Å². The van der Waals surface area contributed by atoms with Crippen molar-refractivity contribution in [2.75, 3.05) is 11.4 Å². The van der Waals surface area contributed by atoms with Gasteiger partial charge in [-0.15, -0.1) is 0 Å². The molecule has 1 heterocycles. The standard InChI is InChI=1S/C17H30N4/c1-13(2)8-9-21(15-6-7-15)16-12-18-14(10-19-16)11-20-17(3,4)5/h10,12-13,15,20H,6-9,11H2,1-5H3. The number of nitrogens with one attached hydrogen (secondary N) is 1. The summed E-state index contributed by atoms with van der Waals surface area (Å²) in [6, 6.07) is 0.691. The molecule has 0 atom stereocenters. The van der Waals surface area contributed by atoms with E-state index < -0.39 is 0 Å². The van der Waals surface area contributed by atoms with Crippen LogP contribution in [0.15, 0.2) is 12.4 Å². The minimum Gasteiger partial charge on any atom is -0.352 e. The molecule has 0 aromatic carbocycles. The molecule has 0 saturated heterocycles. The summed E-state index contributed by atoms with van der Waals surface area (Å²) in [5, 5.41) is 3.45. The third kappa shape index (κ3) is 5.62. The van der Waals surface area contributed by atoms with Crippen molar-refractivity contribution >= 4 is 5.82 Å². The molecule has 4 heteroatoms. The van der Waals surface area contributed by atoms with Gasteiger partial charge in [-0.05, 0) is 46.0 Å². The van der Waals surface area contributed by atoms with E-state index in [4.69, 9.17) is 0 Å². The lowest BCUT2D eigenvalue weighted by atomic mass is 10.1. The lowest BCUT2D eigenvalue weighted by Crippen LogP contribution is -2.35. The molecule has 0 aliphatic heterocycles. The Morgan fingerprint density at radius 3 is 2.43 bits per heavy atom. The Morgan fingerprint density at radius 2 is 1.95 bits per heavy atom. The first-order valence-electron chi connectivity index (χ1n) is 8.18. The van der Waals surface area contributed by atoms with Gasteiger partial charge in [-0.2, -0.15) is 0 Å². The molecule has 0 unspecified atom stereocenters. The quantitative estimate of drug-likeness (QED) is 0.836. The Kier molecular flexibility index (Phi) is 5.20. The third-order valence-corrected chi connectivity index (χ3v) is 3.72. The topological polar surface area (TPSA) is 41.1 Å². The first-order valence-corrected chi connectivity index (χ1v) is 8.18. The van der Waals surface area contributed by atoms with Crippen LogP contribution in [0.5, 0.6) is 0 Å². The first-order chi connectivity index (χ1) is 9.85. The van der Waals surface area contributed by atoms with Gasteiger partial charge < -0.3 is 10.2 Å². The third-order valence-electron chi connectivity index (χ3n) is 3.72. The van der Waals surface area contributed by atoms with Gasteiger partial charge in [0.25, 0.3) is 0 Å². The maximum absolute atomic E-state index is 4.64. The van der Waals surface area contributed by atoms with Crippen LogP contribution in [0, 0.1) is 5.92 Å². The molecular formula is C17H30N4. The van der Waals surface area contributed by atoms with Crippen molar-refractivity contribution in [1.29, 1.82) is 0 Å². The van der Waals surface area contributed by atoms with E-state index in [1.165, 1.54) is 19.3 Å². The highest BCUT2D eigenvalue weighted by atomic mass is 15.2. The molecule has 0 amide bonds. The van der Waals surface area contributed by atoms with Crippen molar-refractivity contribution in [2.45, 2.75) is 72.0 Å². The van der Waals surface area contributed by atoms with Crippen LogP contribution < -0.4 is 10.2 Å². The van der Waals surface area contributed by atoms with Crippen molar-refractivity contribution in [3.8, 4) is 0 Å². The van der Waals surface area contributed by atoms with Gasteiger partial charge in [-0.3, -0.25) is 4.98 Å². The number of anilines is 1. The summed E-state index contributed by atoms with van der Waals surface area (Å²) in [6.45, 7) is 12.9. The van der Waals surface area contributed by atoms with Crippen LogP contribution in [-0.2, 0) is 6.54 Å². The van der Waals surface area contributed by atoms with Crippen molar-refractivity contribution < 1.29 is 0 Å². The maximum Gasteiger partial charge on any atom is 0.147 e. The van der Waals surface area contributed by atoms with Crippen molar-refractivity contribution in [3.63, 3.8) is 0 Å². The van der Waals surface area contributed by atoms with Crippen LogP contribution in [0.2, 0.25) is 0 Å². The number of hydrogen-bond acceptors (Lipinski definition) is 4. The molecule has 1 aliphatic carbocycles. The van der Waals surface area contributed by atoms with E-state index in [9.17, 15) is 0 Å². The van der Waals surface area contributed by atoms with E-state index in [0.29, 0.717) is 6.04 Å². The Hall–Kier alpha value is -1.16. The molecule has 1 saturated carbocycles. The van der Waals surface area contributed by atoms with Crippen molar-refractivity contribution in [3.05, 3.63) is 18.1 Å². The zero-order valence-electron chi connectivity index (χ0n) is 14.2. The minimum absolute atomic E-state index is 0.109. The zero-order valence-corrected chi connectivity index (χ0v) is 14.2. The van der Waals surface area contributed by atoms with E-state index in [1.807, 2.05) is 12.4 Å². The van der Waals surface area contributed by atoms with Gasteiger partial charge in [-0.25, -0.2) is 4.98 Å². The van der Waals surface area contributed by atoms with Crippen LogP contribution in [0.3, 0.4) is 0 Å². The van der Waals surface area contributed by atoms with Gasteiger partial charge in [0, 0.05) is 24.7 Å². The Morgan fingerprint density at radius 1 is 1.24 bits per heavy atom. The summed E-state index contributed by atoms with van der Waals surface area (Å²) in [4.78, 5) is 11.7. The van der Waals surface area contributed by atoms with Gasteiger partial charge in [-0.1, -0.05) is 13.8 Å². The molecule has 1 aromatic rings. The van der Waals surface area contributed by atoms with Crippen LogP contribution in [0.4, 0.5) is 5.82 Å². The number of rotatable bonds is 7. The first kappa shape index (κ1) is 16.2. The van der Waals surface area contributed by atoms with Crippen LogP contribution in [0.1, 0.15) is 59.6 Å². The molecule has 21 heavy (non-hydrogen) atoms. The highest BCUT2D eigenvalue weighted by molar-refractivity contribution is 5.39. The molecule has 0 bridgehead atoms. The fraction of sp³-hybridized carbons (Fsp3) is 0.765. The van der Waals surface area contributed by atoms with Crippen LogP contribution >= 0.6 is 0 Å².